The number of anilines is 1. The van der Waals surface area contributed by atoms with Crippen LogP contribution in [0.3, 0.4) is 0 Å². The van der Waals surface area contributed by atoms with Gasteiger partial charge in [0.05, 0.1) is 6.10 Å². The standard InChI is InChI=1S/C14H22N2O/c1-11(17)13-7-3-4-8-14(13)15-12-6-5-9-16(2)10-12/h3-4,7-8,11-12,15,17H,5-6,9-10H2,1-2H3. The molecule has 0 amide bonds. The molecule has 17 heavy (non-hydrogen) atoms. The topological polar surface area (TPSA) is 35.5 Å². The van der Waals surface area contributed by atoms with Gasteiger partial charge in [-0.05, 0) is 39.4 Å². The predicted octanol–water partition coefficient (Wildman–Crippen LogP) is 2.25. The van der Waals surface area contributed by atoms with Crippen molar-refractivity contribution in [1.29, 1.82) is 0 Å². The van der Waals surface area contributed by atoms with Crippen LogP contribution in [0.15, 0.2) is 24.3 Å². The van der Waals surface area contributed by atoms with E-state index in [1.807, 2.05) is 25.1 Å². The first kappa shape index (κ1) is 12.4. The lowest BCUT2D eigenvalue weighted by molar-refractivity contribution is 0.199. The van der Waals surface area contributed by atoms with E-state index in [-0.39, 0.29) is 0 Å². The van der Waals surface area contributed by atoms with Crippen LogP contribution in [0.5, 0.6) is 0 Å². The number of benzene rings is 1. The second-order valence-corrected chi connectivity index (χ2v) is 5.01. The number of nitrogens with zero attached hydrogens (tertiary/aromatic N) is 1. The van der Waals surface area contributed by atoms with Crippen molar-refractivity contribution in [3.8, 4) is 0 Å². The van der Waals surface area contributed by atoms with Crippen LogP contribution in [-0.4, -0.2) is 36.2 Å². The Labute approximate surface area is 103 Å². The van der Waals surface area contributed by atoms with Crippen LogP contribution in [-0.2, 0) is 0 Å². The van der Waals surface area contributed by atoms with Gasteiger partial charge < -0.3 is 15.3 Å². The molecule has 1 fully saturated rings. The van der Waals surface area contributed by atoms with E-state index in [0.717, 1.165) is 17.8 Å². The number of hydrogen-bond donors (Lipinski definition) is 2. The van der Waals surface area contributed by atoms with Crippen LogP contribution in [0.1, 0.15) is 31.4 Å². The molecule has 0 aromatic heterocycles. The molecule has 1 heterocycles. The van der Waals surface area contributed by atoms with E-state index in [1.165, 1.54) is 19.4 Å². The van der Waals surface area contributed by atoms with Crippen LogP contribution in [0.2, 0.25) is 0 Å². The Kier molecular flexibility index (Phi) is 4.02. The van der Waals surface area contributed by atoms with Crippen molar-refractivity contribution >= 4 is 5.69 Å². The van der Waals surface area contributed by atoms with Gasteiger partial charge in [0.15, 0.2) is 0 Å². The number of aliphatic hydroxyl groups is 1. The minimum absolute atomic E-state index is 0.417. The van der Waals surface area contributed by atoms with Crippen molar-refractivity contribution in [2.45, 2.75) is 31.9 Å². The third-order valence-electron chi connectivity index (χ3n) is 3.39. The molecule has 1 aliphatic heterocycles. The number of rotatable bonds is 3. The second kappa shape index (κ2) is 5.52. The van der Waals surface area contributed by atoms with Crippen molar-refractivity contribution in [2.75, 3.05) is 25.5 Å². The summed E-state index contributed by atoms with van der Waals surface area (Å²) in [6, 6.07) is 8.52. The Hall–Kier alpha value is -1.06. The lowest BCUT2D eigenvalue weighted by Gasteiger charge is -2.31. The summed E-state index contributed by atoms with van der Waals surface area (Å²) in [5.74, 6) is 0. The number of nitrogens with one attached hydrogen (secondary N) is 1. The molecule has 1 aliphatic rings. The summed E-state index contributed by atoms with van der Waals surface area (Å²) in [6.45, 7) is 4.08. The summed E-state index contributed by atoms with van der Waals surface area (Å²) in [6.07, 6.45) is 2.03. The molecular formula is C14H22N2O. The van der Waals surface area contributed by atoms with E-state index in [4.69, 9.17) is 0 Å². The molecule has 0 aliphatic carbocycles. The Morgan fingerprint density at radius 3 is 2.88 bits per heavy atom. The third kappa shape index (κ3) is 3.20. The van der Waals surface area contributed by atoms with Crippen molar-refractivity contribution in [2.24, 2.45) is 0 Å². The van der Waals surface area contributed by atoms with Gasteiger partial charge in [0.1, 0.15) is 0 Å². The summed E-state index contributed by atoms with van der Waals surface area (Å²) in [5, 5.41) is 13.3. The molecule has 0 radical (unpaired) electrons. The highest BCUT2D eigenvalue weighted by atomic mass is 16.3. The third-order valence-corrected chi connectivity index (χ3v) is 3.39. The zero-order valence-electron chi connectivity index (χ0n) is 10.7. The van der Waals surface area contributed by atoms with Crippen molar-refractivity contribution < 1.29 is 5.11 Å². The van der Waals surface area contributed by atoms with Gasteiger partial charge in [-0.1, -0.05) is 18.2 Å². The van der Waals surface area contributed by atoms with Gasteiger partial charge in [-0.3, -0.25) is 0 Å². The second-order valence-electron chi connectivity index (χ2n) is 5.01. The van der Waals surface area contributed by atoms with Gasteiger partial charge in [-0.15, -0.1) is 0 Å². The normalized spacial score (nSPS) is 23.4. The number of hydrogen-bond acceptors (Lipinski definition) is 3. The molecule has 2 N–H and O–H groups in total. The van der Waals surface area contributed by atoms with Crippen molar-refractivity contribution in [1.82, 2.24) is 4.90 Å². The zero-order chi connectivity index (χ0) is 12.3. The molecular weight excluding hydrogens is 212 g/mol. The smallest absolute Gasteiger partial charge is 0.0781 e. The lowest BCUT2D eigenvalue weighted by atomic mass is 10.0. The van der Waals surface area contributed by atoms with Crippen LogP contribution >= 0.6 is 0 Å². The largest absolute Gasteiger partial charge is 0.389 e. The molecule has 2 atom stereocenters. The molecule has 94 valence electrons. The maximum atomic E-state index is 9.74. The average Bonchev–Trinajstić information content (AvgIpc) is 2.29. The molecule has 0 spiro atoms. The van der Waals surface area contributed by atoms with Crippen LogP contribution in [0.25, 0.3) is 0 Å². The monoisotopic (exact) mass is 234 g/mol. The number of piperidine rings is 1. The van der Waals surface area contributed by atoms with Crippen molar-refractivity contribution in [3.63, 3.8) is 0 Å². The van der Waals surface area contributed by atoms with Gasteiger partial charge in [-0.25, -0.2) is 0 Å². The summed E-state index contributed by atoms with van der Waals surface area (Å²) >= 11 is 0. The fourth-order valence-electron chi connectivity index (χ4n) is 2.50. The summed E-state index contributed by atoms with van der Waals surface area (Å²) < 4.78 is 0. The maximum Gasteiger partial charge on any atom is 0.0781 e. The zero-order valence-corrected chi connectivity index (χ0v) is 10.7. The summed E-state index contributed by atoms with van der Waals surface area (Å²) in [7, 11) is 2.16. The summed E-state index contributed by atoms with van der Waals surface area (Å²) in [5.41, 5.74) is 2.06. The minimum Gasteiger partial charge on any atom is -0.389 e. The van der Waals surface area contributed by atoms with Gasteiger partial charge in [-0.2, -0.15) is 0 Å². The highest BCUT2D eigenvalue weighted by molar-refractivity contribution is 5.52. The molecule has 2 unspecified atom stereocenters. The summed E-state index contributed by atoms with van der Waals surface area (Å²) in [4.78, 5) is 2.35. The Morgan fingerprint density at radius 1 is 1.41 bits per heavy atom. The minimum atomic E-state index is -0.417. The highest BCUT2D eigenvalue weighted by Crippen LogP contribution is 2.24. The SMILES string of the molecule is CC(O)c1ccccc1NC1CCCN(C)C1. The number of aliphatic hydroxyl groups excluding tert-OH is 1. The van der Waals surface area contributed by atoms with E-state index in [9.17, 15) is 5.11 Å². The molecule has 0 saturated carbocycles. The van der Waals surface area contributed by atoms with Gasteiger partial charge in [0, 0.05) is 23.8 Å². The van der Waals surface area contributed by atoms with E-state index in [2.05, 4.69) is 23.3 Å². The van der Waals surface area contributed by atoms with E-state index in [1.54, 1.807) is 0 Å². The first-order valence-electron chi connectivity index (χ1n) is 6.39. The molecule has 3 nitrogen and oxygen atoms in total. The molecule has 3 heteroatoms. The van der Waals surface area contributed by atoms with Crippen LogP contribution in [0.4, 0.5) is 5.69 Å². The van der Waals surface area contributed by atoms with Crippen molar-refractivity contribution in [3.05, 3.63) is 29.8 Å². The number of likely N-dealkylation sites (tertiary alicyclic amines) is 1. The molecule has 0 bridgehead atoms. The maximum absolute atomic E-state index is 9.74. The van der Waals surface area contributed by atoms with Gasteiger partial charge in [0.2, 0.25) is 0 Å². The molecule has 1 saturated heterocycles. The number of likely N-dealkylation sites (N-methyl/N-ethyl adjacent to an activating group) is 1. The first-order chi connectivity index (χ1) is 8.16. The highest BCUT2D eigenvalue weighted by Gasteiger charge is 2.18. The fraction of sp³-hybridized carbons (Fsp3) is 0.571. The van der Waals surface area contributed by atoms with E-state index < -0.39 is 6.10 Å². The van der Waals surface area contributed by atoms with E-state index in [0.29, 0.717) is 6.04 Å². The first-order valence-corrected chi connectivity index (χ1v) is 6.39. The Bertz CT molecular complexity index is 365. The molecule has 2 rings (SSSR count). The quantitative estimate of drug-likeness (QED) is 0.842. The van der Waals surface area contributed by atoms with Crippen LogP contribution in [0, 0.1) is 0 Å². The molecule has 1 aromatic rings. The Morgan fingerprint density at radius 2 is 2.18 bits per heavy atom. The molecule has 1 aromatic carbocycles. The van der Waals surface area contributed by atoms with E-state index >= 15 is 0 Å². The van der Waals surface area contributed by atoms with Crippen LogP contribution < -0.4 is 5.32 Å². The number of para-hydroxylation sites is 1. The fourth-order valence-corrected chi connectivity index (χ4v) is 2.50. The average molecular weight is 234 g/mol. The van der Waals surface area contributed by atoms with Gasteiger partial charge >= 0.3 is 0 Å². The lowest BCUT2D eigenvalue weighted by Crippen LogP contribution is -2.39. The van der Waals surface area contributed by atoms with Gasteiger partial charge in [0.25, 0.3) is 0 Å². The predicted molar refractivity (Wildman–Crippen MR) is 71.2 cm³/mol. The Balaban J connectivity index is 2.07.